The minimum atomic E-state index is 0.0185. The average molecular weight is 573 g/mol. The topological polar surface area (TPSA) is 105 Å². The van der Waals surface area contributed by atoms with Crippen molar-refractivity contribution in [3.05, 3.63) is 60.2 Å². The molecule has 1 aliphatic heterocycles. The van der Waals surface area contributed by atoms with Gasteiger partial charge in [0.25, 0.3) is 0 Å². The Balaban J connectivity index is 0.000000501. The Morgan fingerprint density at radius 2 is 1.27 bits per heavy atom. The molecule has 0 bridgehead atoms. The first-order valence-electron chi connectivity index (χ1n) is 14.1. The molecular weight excluding hydrogens is 520 g/mol. The molecule has 2 fully saturated rings. The van der Waals surface area contributed by atoms with Gasteiger partial charge in [-0.2, -0.15) is 0 Å². The van der Waals surface area contributed by atoms with Crippen molar-refractivity contribution in [2.24, 2.45) is 0 Å². The average Bonchev–Trinajstić information content (AvgIpc) is 3.36. The SMILES string of the molecule is CC(=O)N(C)C.CN(C)C(=O)N(C)C.Cc1cccc(O)c1.O=C1CCCN1C1CCCCC1.Oc1ccccc1. The van der Waals surface area contributed by atoms with Crippen LogP contribution in [0.5, 0.6) is 11.5 Å². The Bertz CT molecular complexity index is 979. The molecule has 2 aromatic carbocycles. The van der Waals surface area contributed by atoms with Gasteiger partial charge in [-0.3, -0.25) is 9.59 Å². The van der Waals surface area contributed by atoms with Crippen molar-refractivity contribution in [2.45, 2.75) is 64.8 Å². The number of carbonyl (C=O) groups is 3. The molecule has 1 heterocycles. The third-order valence-electron chi connectivity index (χ3n) is 6.28. The lowest BCUT2D eigenvalue weighted by Gasteiger charge is -2.30. The third kappa shape index (κ3) is 18.3. The molecule has 9 heteroatoms. The highest BCUT2D eigenvalue weighted by molar-refractivity contribution is 5.78. The van der Waals surface area contributed by atoms with Crippen molar-refractivity contribution in [2.75, 3.05) is 48.8 Å². The molecule has 2 aromatic rings. The summed E-state index contributed by atoms with van der Waals surface area (Å²) in [6.45, 7) is 4.50. The lowest BCUT2D eigenvalue weighted by Crippen LogP contribution is -2.37. The Kier molecular flexibility index (Phi) is 19.1. The molecule has 230 valence electrons. The highest BCUT2D eigenvalue weighted by Crippen LogP contribution is 2.25. The molecule has 2 aliphatic rings. The van der Waals surface area contributed by atoms with Gasteiger partial charge in [0.15, 0.2) is 0 Å². The van der Waals surface area contributed by atoms with Crippen LogP contribution in [0.15, 0.2) is 54.6 Å². The minimum absolute atomic E-state index is 0.0185. The second-order valence-electron chi connectivity index (χ2n) is 10.6. The Morgan fingerprint density at radius 1 is 0.756 bits per heavy atom. The van der Waals surface area contributed by atoms with Gasteiger partial charge >= 0.3 is 6.03 Å². The molecule has 0 aromatic heterocycles. The maximum Gasteiger partial charge on any atom is 0.318 e. The van der Waals surface area contributed by atoms with E-state index in [9.17, 15) is 14.4 Å². The summed E-state index contributed by atoms with van der Waals surface area (Å²) in [7, 11) is 10.3. The van der Waals surface area contributed by atoms with Crippen molar-refractivity contribution < 1.29 is 24.6 Å². The van der Waals surface area contributed by atoms with Gasteiger partial charge in [0.2, 0.25) is 11.8 Å². The molecule has 9 nitrogen and oxygen atoms in total. The van der Waals surface area contributed by atoms with E-state index in [-0.39, 0.29) is 11.9 Å². The van der Waals surface area contributed by atoms with Crippen LogP contribution in [0, 0.1) is 6.92 Å². The van der Waals surface area contributed by atoms with Crippen LogP contribution in [0.1, 0.15) is 57.4 Å². The van der Waals surface area contributed by atoms with E-state index in [2.05, 4.69) is 4.90 Å². The molecular formula is C32H52N4O5. The second kappa shape index (κ2) is 21.1. The molecule has 4 rings (SSSR count). The number of benzene rings is 2. The molecule has 0 radical (unpaired) electrons. The van der Waals surface area contributed by atoms with E-state index in [1.165, 1.54) is 53.7 Å². The Morgan fingerprint density at radius 3 is 1.56 bits per heavy atom. The summed E-state index contributed by atoms with van der Waals surface area (Å²) in [5.74, 6) is 1.16. The summed E-state index contributed by atoms with van der Waals surface area (Å²) in [4.78, 5) is 38.9. The van der Waals surface area contributed by atoms with Crippen LogP contribution in [-0.4, -0.2) is 103 Å². The number of likely N-dealkylation sites (tertiary alicyclic amines) is 1. The van der Waals surface area contributed by atoms with E-state index in [4.69, 9.17) is 10.2 Å². The lowest BCUT2D eigenvalue weighted by molar-refractivity contribution is -0.130. The van der Waals surface area contributed by atoms with Crippen LogP contribution in [0.2, 0.25) is 0 Å². The van der Waals surface area contributed by atoms with Crippen LogP contribution in [0.25, 0.3) is 0 Å². The molecule has 0 unspecified atom stereocenters. The number of para-hydroxylation sites is 1. The van der Waals surface area contributed by atoms with Gasteiger partial charge in [-0.25, -0.2) is 4.79 Å². The van der Waals surface area contributed by atoms with E-state index in [0.717, 1.165) is 24.9 Å². The van der Waals surface area contributed by atoms with Crippen molar-refractivity contribution in [1.82, 2.24) is 19.6 Å². The van der Waals surface area contributed by atoms with Gasteiger partial charge in [-0.15, -0.1) is 0 Å². The zero-order chi connectivity index (χ0) is 31.4. The molecule has 2 N–H and O–H groups in total. The summed E-state index contributed by atoms with van der Waals surface area (Å²) in [5.41, 5.74) is 1.09. The summed E-state index contributed by atoms with van der Waals surface area (Å²) in [5, 5.41) is 17.4. The summed E-state index contributed by atoms with van der Waals surface area (Å²) >= 11 is 0. The highest BCUT2D eigenvalue weighted by Gasteiger charge is 2.28. The number of nitrogens with zero attached hydrogens (tertiary/aromatic N) is 4. The number of carbonyl (C=O) groups excluding carboxylic acids is 3. The molecule has 0 atom stereocenters. The van der Waals surface area contributed by atoms with Gasteiger partial charge in [0.05, 0.1) is 0 Å². The first kappa shape index (κ1) is 37.2. The monoisotopic (exact) mass is 572 g/mol. The fourth-order valence-corrected chi connectivity index (χ4v) is 3.90. The van der Waals surface area contributed by atoms with Gasteiger partial charge in [0.1, 0.15) is 11.5 Å². The number of rotatable bonds is 1. The van der Waals surface area contributed by atoms with Gasteiger partial charge < -0.3 is 29.8 Å². The van der Waals surface area contributed by atoms with Crippen molar-refractivity contribution >= 4 is 17.8 Å². The number of amides is 4. The molecule has 41 heavy (non-hydrogen) atoms. The molecule has 1 saturated carbocycles. The van der Waals surface area contributed by atoms with Crippen LogP contribution in [0.4, 0.5) is 4.79 Å². The Labute approximate surface area is 247 Å². The van der Waals surface area contributed by atoms with E-state index in [0.29, 0.717) is 23.4 Å². The number of hydrogen-bond donors (Lipinski definition) is 2. The number of hydrogen-bond acceptors (Lipinski definition) is 5. The summed E-state index contributed by atoms with van der Waals surface area (Å²) in [6.07, 6.45) is 8.44. The van der Waals surface area contributed by atoms with Crippen LogP contribution in [0.3, 0.4) is 0 Å². The number of phenolic OH excluding ortho intramolecular Hbond substituents is 2. The van der Waals surface area contributed by atoms with Crippen molar-refractivity contribution in [3.8, 4) is 11.5 Å². The largest absolute Gasteiger partial charge is 0.508 e. The number of phenols is 2. The maximum atomic E-state index is 11.4. The van der Waals surface area contributed by atoms with Crippen molar-refractivity contribution in [3.63, 3.8) is 0 Å². The van der Waals surface area contributed by atoms with Crippen LogP contribution >= 0.6 is 0 Å². The van der Waals surface area contributed by atoms with E-state index in [1.807, 2.05) is 25.1 Å². The Hall–Kier alpha value is -3.75. The molecule has 1 aliphatic carbocycles. The quantitative estimate of drug-likeness (QED) is 0.479. The van der Waals surface area contributed by atoms with Crippen LogP contribution in [-0.2, 0) is 9.59 Å². The molecule has 0 spiro atoms. The highest BCUT2D eigenvalue weighted by atomic mass is 16.3. The van der Waals surface area contributed by atoms with Gasteiger partial charge in [-0.05, 0) is 56.0 Å². The first-order valence-corrected chi connectivity index (χ1v) is 14.1. The second-order valence-corrected chi connectivity index (χ2v) is 10.6. The van der Waals surface area contributed by atoms with Gasteiger partial charge in [-0.1, -0.05) is 49.6 Å². The zero-order valence-corrected chi connectivity index (χ0v) is 26.3. The summed E-state index contributed by atoms with van der Waals surface area (Å²) in [6, 6.07) is 16.5. The first-order chi connectivity index (χ1) is 19.3. The van der Waals surface area contributed by atoms with Crippen molar-refractivity contribution in [1.29, 1.82) is 0 Å². The predicted octanol–water partition coefficient (Wildman–Crippen LogP) is 5.36. The zero-order valence-electron chi connectivity index (χ0n) is 26.3. The van der Waals surface area contributed by atoms with Gasteiger partial charge in [0, 0.05) is 68.2 Å². The number of aryl methyl sites for hydroxylation is 1. The smallest absolute Gasteiger partial charge is 0.318 e. The fraction of sp³-hybridized carbons (Fsp3) is 0.531. The van der Waals surface area contributed by atoms with E-state index >= 15 is 0 Å². The van der Waals surface area contributed by atoms with Crippen LogP contribution < -0.4 is 0 Å². The number of aromatic hydroxyl groups is 2. The minimum Gasteiger partial charge on any atom is -0.508 e. The lowest BCUT2D eigenvalue weighted by atomic mass is 9.94. The van der Waals surface area contributed by atoms with E-state index in [1.54, 1.807) is 78.7 Å². The maximum absolute atomic E-state index is 11.4. The standard InChI is InChI=1S/C10H17NO.C7H8O.C6H6O.C5H12N2O.C4H9NO/c12-10-7-4-8-11(10)9-5-2-1-3-6-9;1-6-3-2-4-7(8)5-6;7-6-4-2-1-3-5-6;1-6(2)5(8)7(3)4;1-4(6)5(2)3/h9H,1-8H2;2-5,8H,1H3;1-5,7H;1-4H3;1-3H3. The fourth-order valence-electron chi connectivity index (χ4n) is 3.90. The normalized spacial score (nSPS) is 13.9. The molecule has 4 amide bonds. The number of urea groups is 1. The summed E-state index contributed by atoms with van der Waals surface area (Å²) < 4.78 is 0. The predicted molar refractivity (Wildman–Crippen MR) is 166 cm³/mol. The molecule has 1 saturated heterocycles. The third-order valence-corrected chi connectivity index (χ3v) is 6.28. The van der Waals surface area contributed by atoms with E-state index < -0.39 is 0 Å².